The molecule has 3 aliphatic rings. The van der Waals surface area contributed by atoms with Crippen LogP contribution >= 0.6 is 23.5 Å². The zero-order chi connectivity index (χ0) is 12.3. The third-order valence-electron chi connectivity index (χ3n) is 5.23. The summed E-state index contributed by atoms with van der Waals surface area (Å²) < 4.78 is 0. The van der Waals surface area contributed by atoms with Crippen LogP contribution in [0.2, 0.25) is 0 Å². The fourth-order valence-corrected chi connectivity index (χ4v) is 6.64. The highest BCUT2D eigenvalue weighted by Gasteiger charge is 2.37. The highest BCUT2D eigenvalue weighted by molar-refractivity contribution is 8.06. The molecule has 104 valence electrons. The maximum atomic E-state index is 3.86. The van der Waals surface area contributed by atoms with Gasteiger partial charge in [-0.05, 0) is 43.9 Å². The standard InChI is InChI=1S/C15H27NS2/c1-2-6-15(5-1)7-3-13(4-8-15)16-11-14-12-17-9-10-18-14/h13-14,16H,1-12H2. The molecule has 3 rings (SSSR count). The fraction of sp³-hybridized carbons (Fsp3) is 1.00. The van der Waals surface area contributed by atoms with Gasteiger partial charge in [-0.1, -0.05) is 12.8 Å². The number of thioether (sulfide) groups is 2. The Labute approximate surface area is 121 Å². The van der Waals surface area contributed by atoms with Gasteiger partial charge in [-0.15, -0.1) is 0 Å². The van der Waals surface area contributed by atoms with E-state index < -0.39 is 0 Å². The van der Waals surface area contributed by atoms with Crippen molar-refractivity contribution in [2.45, 2.75) is 62.7 Å². The summed E-state index contributed by atoms with van der Waals surface area (Å²) in [5, 5.41) is 4.74. The van der Waals surface area contributed by atoms with Gasteiger partial charge in [0, 0.05) is 35.1 Å². The maximum Gasteiger partial charge on any atom is 0.0263 e. The Morgan fingerprint density at radius 3 is 2.44 bits per heavy atom. The maximum absolute atomic E-state index is 3.86. The van der Waals surface area contributed by atoms with Crippen molar-refractivity contribution in [1.82, 2.24) is 5.32 Å². The number of hydrogen-bond donors (Lipinski definition) is 1. The minimum Gasteiger partial charge on any atom is -0.313 e. The lowest BCUT2D eigenvalue weighted by Gasteiger charge is -2.38. The number of hydrogen-bond acceptors (Lipinski definition) is 3. The largest absolute Gasteiger partial charge is 0.313 e. The van der Waals surface area contributed by atoms with Crippen molar-refractivity contribution in [3.05, 3.63) is 0 Å². The summed E-state index contributed by atoms with van der Waals surface area (Å²) in [5.41, 5.74) is 0.799. The molecule has 1 nitrogen and oxygen atoms in total. The average Bonchev–Trinajstić information content (AvgIpc) is 2.88. The van der Waals surface area contributed by atoms with E-state index in [0.717, 1.165) is 16.7 Å². The molecule has 2 saturated carbocycles. The van der Waals surface area contributed by atoms with E-state index >= 15 is 0 Å². The lowest BCUT2D eigenvalue weighted by atomic mass is 9.71. The highest BCUT2D eigenvalue weighted by atomic mass is 32.2. The van der Waals surface area contributed by atoms with Crippen LogP contribution in [-0.4, -0.2) is 35.1 Å². The molecule has 0 aromatic rings. The van der Waals surface area contributed by atoms with Crippen molar-refractivity contribution in [1.29, 1.82) is 0 Å². The van der Waals surface area contributed by atoms with E-state index in [4.69, 9.17) is 0 Å². The van der Waals surface area contributed by atoms with Crippen LogP contribution in [-0.2, 0) is 0 Å². The van der Waals surface area contributed by atoms with Crippen molar-refractivity contribution in [2.75, 3.05) is 23.8 Å². The lowest BCUT2D eigenvalue weighted by molar-refractivity contribution is 0.169. The van der Waals surface area contributed by atoms with E-state index in [1.807, 2.05) is 0 Å². The Kier molecular flexibility index (Phi) is 4.85. The van der Waals surface area contributed by atoms with E-state index in [0.29, 0.717) is 0 Å². The van der Waals surface area contributed by atoms with Crippen LogP contribution in [0.1, 0.15) is 51.4 Å². The van der Waals surface area contributed by atoms with Crippen LogP contribution in [0.3, 0.4) is 0 Å². The van der Waals surface area contributed by atoms with E-state index in [1.165, 1.54) is 75.2 Å². The third kappa shape index (κ3) is 3.40. The summed E-state index contributed by atoms with van der Waals surface area (Å²) in [6, 6.07) is 0.837. The van der Waals surface area contributed by atoms with Crippen molar-refractivity contribution in [2.24, 2.45) is 5.41 Å². The molecular weight excluding hydrogens is 258 g/mol. The molecule has 0 amide bonds. The van der Waals surface area contributed by atoms with E-state index in [2.05, 4.69) is 28.8 Å². The lowest BCUT2D eigenvalue weighted by Crippen LogP contribution is -2.40. The second kappa shape index (κ2) is 6.41. The molecule has 0 bridgehead atoms. The Morgan fingerprint density at radius 1 is 1.00 bits per heavy atom. The predicted octanol–water partition coefficient (Wildman–Crippen LogP) is 3.93. The SMILES string of the molecule is C1CCC2(C1)CCC(NCC1CSCCS1)CC2. The second-order valence-corrected chi connectivity index (χ2v) is 9.02. The van der Waals surface area contributed by atoms with Crippen LogP contribution in [0.4, 0.5) is 0 Å². The zero-order valence-electron chi connectivity index (χ0n) is 11.5. The Hall–Kier alpha value is 0.660. The molecule has 0 aromatic carbocycles. The van der Waals surface area contributed by atoms with E-state index in [1.54, 1.807) is 0 Å². The smallest absolute Gasteiger partial charge is 0.0263 e. The minimum atomic E-state index is 0.799. The molecule has 3 fully saturated rings. The van der Waals surface area contributed by atoms with Gasteiger partial charge in [0.25, 0.3) is 0 Å². The molecule has 0 radical (unpaired) electrons. The van der Waals surface area contributed by atoms with E-state index in [9.17, 15) is 0 Å². The highest BCUT2D eigenvalue weighted by Crippen LogP contribution is 2.48. The van der Waals surface area contributed by atoms with Gasteiger partial charge in [-0.2, -0.15) is 23.5 Å². The van der Waals surface area contributed by atoms with Crippen molar-refractivity contribution in [3.8, 4) is 0 Å². The first-order valence-electron chi connectivity index (χ1n) is 7.79. The molecule has 1 N–H and O–H groups in total. The topological polar surface area (TPSA) is 12.0 Å². The molecule has 0 aromatic heterocycles. The van der Waals surface area contributed by atoms with Crippen LogP contribution < -0.4 is 5.32 Å². The average molecular weight is 286 g/mol. The molecule has 1 saturated heterocycles. The monoisotopic (exact) mass is 285 g/mol. The second-order valence-electron chi connectivity index (χ2n) is 6.46. The third-order valence-corrected chi connectivity index (χ3v) is 8.07. The summed E-state index contributed by atoms with van der Waals surface area (Å²) in [4.78, 5) is 0. The van der Waals surface area contributed by atoms with Crippen molar-refractivity contribution in [3.63, 3.8) is 0 Å². The van der Waals surface area contributed by atoms with E-state index in [-0.39, 0.29) is 0 Å². The Balaban J connectivity index is 1.37. The molecule has 1 atom stereocenters. The molecule has 18 heavy (non-hydrogen) atoms. The van der Waals surface area contributed by atoms with Gasteiger partial charge in [-0.3, -0.25) is 0 Å². The van der Waals surface area contributed by atoms with Crippen LogP contribution in [0, 0.1) is 5.41 Å². The number of nitrogens with one attached hydrogen (secondary N) is 1. The molecule has 3 heteroatoms. The van der Waals surface area contributed by atoms with Crippen molar-refractivity contribution >= 4 is 23.5 Å². The van der Waals surface area contributed by atoms with Crippen LogP contribution in [0.5, 0.6) is 0 Å². The molecule has 2 aliphatic carbocycles. The molecule has 1 aliphatic heterocycles. The predicted molar refractivity (Wildman–Crippen MR) is 84.7 cm³/mol. The first-order valence-corrected chi connectivity index (χ1v) is 9.99. The van der Waals surface area contributed by atoms with Crippen LogP contribution in [0.25, 0.3) is 0 Å². The normalized spacial score (nSPS) is 33.0. The Morgan fingerprint density at radius 2 is 1.78 bits per heavy atom. The van der Waals surface area contributed by atoms with Crippen molar-refractivity contribution < 1.29 is 0 Å². The van der Waals surface area contributed by atoms with Gasteiger partial charge in [-0.25, -0.2) is 0 Å². The van der Waals surface area contributed by atoms with Gasteiger partial charge in [0.05, 0.1) is 0 Å². The van der Waals surface area contributed by atoms with Crippen LogP contribution in [0.15, 0.2) is 0 Å². The molecule has 1 spiro atoms. The summed E-state index contributed by atoms with van der Waals surface area (Å²) in [6.45, 7) is 1.26. The molecule has 1 unspecified atom stereocenters. The van der Waals surface area contributed by atoms with Gasteiger partial charge >= 0.3 is 0 Å². The zero-order valence-corrected chi connectivity index (χ0v) is 13.1. The summed E-state index contributed by atoms with van der Waals surface area (Å²) >= 11 is 4.33. The van der Waals surface area contributed by atoms with Gasteiger partial charge in [0.1, 0.15) is 0 Å². The number of rotatable bonds is 3. The van der Waals surface area contributed by atoms with Gasteiger partial charge < -0.3 is 5.32 Å². The summed E-state index contributed by atoms with van der Waals surface area (Å²) in [5.74, 6) is 4.10. The molecular formula is C15H27NS2. The first-order chi connectivity index (χ1) is 8.86. The summed E-state index contributed by atoms with van der Waals surface area (Å²) in [6.07, 6.45) is 12.0. The summed E-state index contributed by atoms with van der Waals surface area (Å²) in [7, 11) is 0. The van der Waals surface area contributed by atoms with Gasteiger partial charge in [0.15, 0.2) is 0 Å². The first kappa shape index (κ1) is 13.6. The van der Waals surface area contributed by atoms with Gasteiger partial charge in [0.2, 0.25) is 0 Å². The minimum absolute atomic E-state index is 0.799. The quantitative estimate of drug-likeness (QED) is 0.844. The fourth-order valence-electron chi connectivity index (χ4n) is 4.01. The Bertz CT molecular complexity index is 247. The molecule has 1 heterocycles.